The Morgan fingerprint density at radius 2 is 2.07 bits per heavy atom. The lowest BCUT2D eigenvalue weighted by Gasteiger charge is -2.07. The lowest BCUT2D eigenvalue weighted by atomic mass is 10.0. The Balaban J connectivity index is 4.68. The number of nitriles is 1. The highest BCUT2D eigenvalue weighted by atomic mass is 16.5. The molecule has 0 atom stereocenters. The number of hydrogen-bond acceptors (Lipinski definition) is 3. The molecule has 0 heterocycles. The second-order valence-electron chi connectivity index (χ2n) is 3.59. The van der Waals surface area contributed by atoms with Crippen molar-refractivity contribution in [3.63, 3.8) is 0 Å². The molecule has 0 aliphatic carbocycles. The predicted octanol–water partition coefficient (Wildman–Crippen LogP) is 2.44. The van der Waals surface area contributed by atoms with E-state index in [-0.39, 0.29) is 5.57 Å². The molecule has 0 unspecified atom stereocenters. The highest BCUT2D eigenvalue weighted by Crippen LogP contribution is 2.15. The predicted molar refractivity (Wildman–Crippen MR) is 54.4 cm³/mol. The van der Waals surface area contributed by atoms with Gasteiger partial charge in [0.25, 0.3) is 0 Å². The Hall–Kier alpha value is -1.30. The third-order valence-electron chi connectivity index (χ3n) is 1.73. The quantitative estimate of drug-likeness (QED) is 0.393. The first-order chi connectivity index (χ1) is 6.52. The smallest absolute Gasteiger partial charge is 0.348 e. The maximum Gasteiger partial charge on any atom is 0.348 e. The van der Waals surface area contributed by atoms with Crippen LogP contribution in [0.15, 0.2) is 11.1 Å². The average molecular weight is 195 g/mol. The normalized spacial score (nSPS) is 12.0. The number of ether oxygens (including phenoxy) is 1. The van der Waals surface area contributed by atoms with E-state index in [1.165, 1.54) is 0 Å². The van der Waals surface area contributed by atoms with Crippen molar-refractivity contribution in [1.82, 2.24) is 0 Å². The van der Waals surface area contributed by atoms with Gasteiger partial charge in [0, 0.05) is 0 Å². The minimum absolute atomic E-state index is 0.153. The third-order valence-corrected chi connectivity index (χ3v) is 1.73. The Morgan fingerprint density at radius 3 is 2.43 bits per heavy atom. The van der Waals surface area contributed by atoms with Crippen molar-refractivity contribution in [2.24, 2.45) is 5.92 Å². The van der Waals surface area contributed by atoms with Crippen LogP contribution in [0.4, 0.5) is 0 Å². The Kier molecular flexibility index (Phi) is 5.62. The van der Waals surface area contributed by atoms with Crippen molar-refractivity contribution in [1.29, 1.82) is 5.26 Å². The molecule has 0 saturated heterocycles. The minimum Gasteiger partial charge on any atom is -0.462 e. The van der Waals surface area contributed by atoms with E-state index in [1.54, 1.807) is 13.8 Å². The van der Waals surface area contributed by atoms with E-state index in [0.717, 1.165) is 12.0 Å². The standard InChI is InChI=1S/C11H17NO2/c1-5-14-11(13)10(7-12)9(4)6-8(2)3/h8H,5-6H2,1-4H3/b10-9+. The molecule has 0 aromatic rings. The molecule has 0 aliphatic heterocycles. The van der Waals surface area contributed by atoms with Gasteiger partial charge in [-0.05, 0) is 31.8 Å². The number of hydrogen-bond donors (Lipinski definition) is 0. The van der Waals surface area contributed by atoms with Gasteiger partial charge in [0.15, 0.2) is 0 Å². The van der Waals surface area contributed by atoms with Gasteiger partial charge in [-0.1, -0.05) is 13.8 Å². The van der Waals surface area contributed by atoms with Gasteiger partial charge in [0.2, 0.25) is 0 Å². The molecule has 0 aliphatic rings. The van der Waals surface area contributed by atoms with Crippen LogP contribution in [0.5, 0.6) is 0 Å². The molecule has 0 N–H and O–H groups in total. The van der Waals surface area contributed by atoms with Gasteiger partial charge in [-0.3, -0.25) is 0 Å². The van der Waals surface area contributed by atoms with E-state index in [2.05, 4.69) is 0 Å². The molecule has 0 aromatic heterocycles. The Labute approximate surface area is 85.4 Å². The maximum atomic E-state index is 11.3. The Bertz CT molecular complexity index is 272. The van der Waals surface area contributed by atoms with Gasteiger partial charge >= 0.3 is 5.97 Å². The fourth-order valence-electron chi connectivity index (χ4n) is 1.23. The summed E-state index contributed by atoms with van der Waals surface area (Å²) in [7, 11) is 0. The van der Waals surface area contributed by atoms with Crippen LogP contribution in [-0.2, 0) is 9.53 Å². The van der Waals surface area contributed by atoms with Crippen LogP contribution < -0.4 is 0 Å². The largest absolute Gasteiger partial charge is 0.462 e. The van der Waals surface area contributed by atoms with Crippen LogP contribution in [0.2, 0.25) is 0 Å². The summed E-state index contributed by atoms with van der Waals surface area (Å²) in [6.45, 7) is 7.92. The van der Waals surface area contributed by atoms with Crippen molar-refractivity contribution in [3.8, 4) is 6.07 Å². The SMILES string of the molecule is CCOC(=O)/C(C#N)=C(\C)CC(C)C. The van der Waals surface area contributed by atoms with Gasteiger partial charge in [0.1, 0.15) is 11.6 Å². The van der Waals surface area contributed by atoms with Gasteiger partial charge in [-0.15, -0.1) is 0 Å². The number of rotatable bonds is 4. The molecular weight excluding hydrogens is 178 g/mol. The second-order valence-corrected chi connectivity index (χ2v) is 3.59. The van der Waals surface area contributed by atoms with Gasteiger partial charge in [-0.2, -0.15) is 5.26 Å². The summed E-state index contributed by atoms with van der Waals surface area (Å²) < 4.78 is 4.78. The molecule has 0 radical (unpaired) electrons. The monoisotopic (exact) mass is 195 g/mol. The first-order valence-corrected chi connectivity index (χ1v) is 4.79. The molecule has 3 heteroatoms. The van der Waals surface area contributed by atoms with E-state index in [1.807, 2.05) is 19.9 Å². The van der Waals surface area contributed by atoms with E-state index >= 15 is 0 Å². The van der Waals surface area contributed by atoms with Crippen molar-refractivity contribution >= 4 is 5.97 Å². The topological polar surface area (TPSA) is 50.1 Å². The molecular formula is C11H17NO2. The van der Waals surface area contributed by atoms with E-state index in [0.29, 0.717) is 12.5 Å². The van der Waals surface area contributed by atoms with Crippen LogP contribution in [0.3, 0.4) is 0 Å². The highest BCUT2D eigenvalue weighted by Gasteiger charge is 2.13. The van der Waals surface area contributed by atoms with Crippen LogP contribution in [-0.4, -0.2) is 12.6 Å². The molecule has 3 nitrogen and oxygen atoms in total. The zero-order valence-electron chi connectivity index (χ0n) is 9.26. The van der Waals surface area contributed by atoms with Crippen molar-refractivity contribution in [3.05, 3.63) is 11.1 Å². The fourth-order valence-corrected chi connectivity index (χ4v) is 1.23. The first-order valence-electron chi connectivity index (χ1n) is 4.79. The molecule has 0 fully saturated rings. The molecule has 0 spiro atoms. The van der Waals surface area contributed by atoms with Gasteiger partial charge in [0.05, 0.1) is 6.61 Å². The number of carbonyl (C=O) groups excluding carboxylic acids is 1. The lowest BCUT2D eigenvalue weighted by molar-refractivity contribution is -0.138. The highest BCUT2D eigenvalue weighted by molar-refractivity contribution is 5.93. The summed E-state index contributed by atoms with van der Waals surface area (Å²) in [4.78, 5) is 11.3. The summed E-state index contributed by atoms with van der Waals surface area (Å²) in [5.74, 6) is -0.0686. The van der Waals surface area contributed by atoms with Crippen LogP contribution in [0.25, 0.3) is 0 Å². The lowest BCUT2D eigenvalue weighted by Crippen LogP contribution is -2.09. The van der Waals surface area contributed by atoms with Crippen molar-refractivity contribution < 1.29 is 9.53 Å². The van der Waals surface area contributed by atoms with Gasteiger partial charge < -0.3 is 4.74 Å². The minimum atomic E-state index is -0.506. The molecule has 0 aromatic carbocycles. The fraction of sp³-hybridized carbons (Fsp3) is 0.636. The second kappa shape index (κ2) is 6.20. The molecule has 0 saturated carbocycles. The summed E-state index contributed by atoms with van der Waals surface area (Å²) in [6.07, 6.45) is 0.752. The van der Waals surface area contributed by atoms with Gasteiger partial charge in [-0.25, -0.2) is 4.79 Å². The third kappa shape index (κ3) is 4.08. The zero-order valence-corrected chi connectivity index (χ0v) is 9.26. The molecule has 0 amide bonds. The number of esters is 1. The van der Waals surface area contributed by atoms with Crippen LogP contribution >= 0.6 is 0 Å². The number of allylic oxidation sites excluding steroid dienone is 1. The summed E-state index contributed by atoms with van der Waals surface area (Å²) in [5, 5.41) is 8.80. The molecule has 78 valence electrons. The van der Waals surface area contributed by atoms with E-state index < -0.39 is 5.97 Å². The van der Waals surface area contributed by atoms with E-state index in [4.69, 9.17) is 10.00 Å². The van der Waals surface area contributed by atoms with Crippen LogP contribution in [0, 0.1) is 17.2 Å². The van der Waals surface area contributed by atoms with Crippen LogP contribution in [0.1, 0.15) is 34.1 Å². The summed E-state index contributed by atoms with van der Waals surface area (Å²) in [5.41, 5.74) is 0.960. The first kappa shape index (κ1) is 12.7. The number of carbonyl (C=O) groups is 1. The van der Waals surface area contributed by atoms with E-state index in [9.17, 15) is 4.79 Å². The number of nitrogens with zero attached hydrogens (tertiary/aromatic N) is 1. The Morgan fingerprint density at radius 1 is 1.50 bits per heavy atom. The van der Waals surface area contributed by atoms with Crippen molar-refractivity contribution in [2.75, 3.05) is 6.61 Å². The summed E-state index contributed by atoms with van der Waals surface area (Å²) >= 11 is 0. The zero-order chi connectivity index (χ0) is 11.1. The summed E-state index contributed by atoms with van der Waals surface area (Å²) in [6, 6.07) is 1.90. The average Bonchev–Trinajstić information content (AvgIpc) is 2.04. The molecule has 0 rings (SSSR count). The molecule has 14 heavy (non-hydrogen) atoms. The maximum absolute atomic E-state index is 11.3. The molecule has 0 bridgehead atoms. The van der Waals surface area contributed by atoms with Crippen molar-refractivity contribution in [2.45, 2.75) is 34.1 Å².